The van der Waals surface area contributed by atoms with Crippen LogP contribution in [0.5, 0.6) is 5.75 Å². The number of nitrogens with one attached hydrogen (secondary N) is 2. The normalized spacial score (nSPS) is 15.0. The lowest BCUT2D eigenvalue weighted by Crippen LogP contribution is -2.34. The SMILES string of the molecule is O=C(Nc1ccccc1-c1ccc(O)c(Cl)c1)OC1CCNCC1. The van der Waals surface area contributed by atoms with E-state index in [1.54, 1.807) is 18.2 Å². The lowest BCUT2D eigenvalue weighted by atomic mass is 10.0. The number of anilines is 1. The first-order valence-electron chi connectivity index (χ1n) is 7.90. The number of carbonyl (C=O) groups excluding carboxylic acids is 1. The summed E-state index contributed by atoms with van der Waals surface area (Å²) >= 11 is 5.98. The maximum absolute atomic E-state index is 12.2. The summed E-state index contributed by atoms with van der Waals surface area (Å²) in [7, 11) is 0. The zero-order chi connectivity index (χ0) is 16.9. The van der Waals surface area contributed by atoms with E-state index in [4.69, 9.17) is 16.3 Å². The van der Waals surface area contributed by atoms with Crippen LogP contribution in [-0.2, 0) is 4.74 Å². The van der Waals surface area contributed by atoms with Crippen LogP contribution in [0.25, 0.3) is 11.1 Å². The number of hydrogen-bond donors (Lipinski definition) is 3. The Hall–Kier alpha value is -2.24. The van der Waals surface area contributed by atoms with Crippen LogP contribution in [0.1, 0.15) is 12.8 Å². The number of hydrogen-bond acceptors (Lipinski definition) is 4. The lowest BCUT2D eigenvalue weighted by molar-refractivity contribution is 0.0909. The van der Waals surface area contributed by atoms with Crippen molar-refractivity contribution in [2.45, 2.75) is 18.9 Å². The minimum atomic E-state index is -0.459. The van der Waals surface area contributed by atoms with Crippen molar-refractivity contribution in [3.05, 3.63) is 47.5 Å². The molecule has 1 fully saturated rings. The molecule has 6 heteroatoms. The van der Waals surface area contributed by atoms with Crippen LogP contribution >= 0.6 is 11.6 Å². The van der Waals surface area contributed by atoms with Crippen molar-refractivity contribution in [2.75, 3.05) is 18.4 Å². The number of para-hydroxylation sites is 1. The van der Waals surface area contributed by atoms with Gasteiger partial charge in [-0.3, -0.25) is 5.32 Å². The van der Waals surface area contributed by atoms with E-state index in [9.17, 15) is 9.90 Å². The Bertz CT molecular complexity index is 730. The number of ether oxygens (including phenoxy) is 1. The molecule has 2 aromatic carbocycles. The third-order valence-electron chi connectivity index (χ3n) is 3.98. The van der Waals surface area contributed by atoms with E-state index in [0.717, 1.165) is 37.1 Å². The quantitative estimate of drug-likeness (QED) is 0.785. The third kappa shape index (κ3) is 3.99. The van der Waals surface area contributed by atoms with Crippen LogP contribution in [0.3, 0.4) is 0 Å². The number of phenols is 1. The number of aromatic hydroxyl groups is 1. The Kier molecular flexibility index (Phi) is 5.23. The van der Waals surface area contributed by atoms with Crippen molar-refractivity contribution in [1.82, 2.24) is 5.32 Å². The first-order valence-corrected chi connectivity index (χ1v) is 8.27. The van der Waals surface area contributed by atoms with Gasteiger partial charge in [-0.05, 0) is 49.7 Å². The monoisotopic (exact) mass is 346 g/mol. The number of amides is 1. The van der Waals surface area contributed by atoms with Gasteiger partial charge >= 0.3 is 6.09 Å². The highest BCUT2D eigenvalue weighted by Gasteiger charge is 2.18. The van der Waals surface area contributed by atoms with Crippen molar-refractivity contribution in [1.29, 1.82) is 0 Å². The molecule has 0 radical (unpaired) electrons. The maximum Gasteiger partial charge on any atom is 0.411 e. The van der Waals surface area contributed by atoms with Crippen molar-refractivity contribution in [3.8, 4) is 16.9 Å². The molecule has 5 nitrogen and oxygen atoms in total. The second-order valence-corrected chi connectivity index (χ2v) is 6.10. The van der Waals surface area contributed by atoms with E-state index >= 15 is 0 Å². The van der Waals surface area contributed by atoms with Gasteiger partial charge in [0.1, 0.15) is 11.9 Å². The van der Waals surface area contributed by atoms with E-state index in [-0.39, 0.29) is 16.9 Å². The fourth-order valence-corrected chi connectivity index (χ4v) is 2.90. The molecular formula is C18H19ClN2O3. The molecule has 0 saturated carbocycles. The van der Waals surface area contributed by atoms with Gasteiger partial charge in [0, 0.05) is 5.56 Å². The Balaban J connectivity index is 1.76. The molecular weight excluding hydrogens is 328 g/mol. The predicted octanol–water partition coefficient (Wildman–Crippen LogP) is 4.01. The highest BCUT2D eigenvalue weighted by molar-refractivity contribution is 6.32. The highest BCUT2D eigenvalue weighted by Crippen LogP contribution is 2.33. The molecule has 0 bridgehead atoms. The van der Waals surface area contributed by atoms with Gasteiger partial charge in [0.2, 0.25) is 0 Å². The van der Waals surface area contributed by atoms with Gasteiger partial charge in [-0.25, -0.2) is 4.79 Å². The van der Waals surface area contributed by atoms with Crippen LogP contribution in [0, 0.1) is 0 Å². The minimum Gasteiger partial charge on any atom is -0.506 e. The summed E-state index contributed by atoms with van der Waals surface area (Å²) in [5.41, 5.74) is 2.25. The molecule has 0 aliphatic carbocycles. The number of carbonyl (C=O) groups is 1. The molecule has 24 heavy (non-hydrogen) atoms. The Morgan fingerprint density at radius 1 is 1.21 bits per heavy atom. The van der Waals surface area contributed by atoms with Crippen molar-refractivity contribution in [3.63, 3.8) is 0 Å². The summed E-state index contributed by atoms with van der Waals surface area (Å²) in [5, 5.41) is 15.9. The van der Waals surface area contributed by atoms with Gasteiger partial charge in [-0.1, -0.05) is 35.9 Å². The van der Waals surface area contributed by atoms with Crippen molar-refractivity contribution in [2.24, 2.45) is 0 Å². The molecule has 0 atom stereocenters. The van der Waals surface area contributed by atoms with Crippen LogP contribution in [0.4, 0.5) is 10.5 Å². The number of rotatable bonds is 3. The summed E-state index contributed by atoms with van der Waals surface area (Å²) in [5.74, 6) is 0.0242. The molecule has 1 aliphatic rings. The maximum atomic E-state index is 12.2. The second-order valence-electron chi connectivity index (χ2n) is 5.69. The molecule has 0 unspecified atom stereocenters. The number of phenolic OH excluding ortho intramolecular Hbond substituents is 1. The average molecular weight is 347 g/mol. The summed E-state index contributed by atoms with van der Waals surface area (Å²) in [4.78, 5) is 12.2. The van der Waals surface area contributed by atoms with Crippen molar-refractivity contribution >= 4 is 23.4 Å². The molecule has 1 heterocycles. The molecule has 1 amide bonds. The third-order valence-corrected chi connectivity index (χ3v) is 4.29. The zero-order valence-electron chi connectivity index (χ0n) is 13.1. The van der Waals surface area contributed by atoms with E-state index in [2.05, 4.69) is 10.6 Å². The van der Waals surface area contributed by atoms with Gasteiger partial charge in [0.25, 0.3) is 0 Å². The zero-order valence-corrected chi connectivity index (χ0v) is 13.8. The van der Waals surface area contributed by atoms with Gasteiger partial charge in [0.05, 0.1) is 10.7 Å². The van der Waals surface area contributed by atoms with E-state index < -0.39 is 6.09 Å². The summed E-state index contributed by atoms with van der Waals surface area (Å²) < 4.78 is 5.47. The molecule has 2 aromatic rings. The van der Waals surface area contributed by atoms with Gasteiger partial charge in [0.15, 0.2) is 0 Å². The largest absolute Gasteiger partial charge is 0.506 e. The Morgan fingerprint density at radius 2 is 1.96 bits per heavy atom. The number of benzene rings is 2. The van der Waals surface area contributed by atoms with Gasteiger partial charge < -0.3 is 15.2 Å². The Labute approximate surface area is 145 Å². The smallest absolute Gasteiger partial charge is 0.411 e. The van der Waals surface area contributed by atoms with Crippen LogP contribution < -0.4 is 10.6 Å². The first kappa shape index (κ1) is 16.6. The number of halogens is 1. The van der Waals surface area contributed by atoms with Gasteiger partial charge in [-0.15, -0.1) is 0 Å². The topological polar surface area (TPSA) is 70.6 Å². The molecule has 126 valence electrons. The fraction of sp³-hybridized carbons (Fsp3) is 0.278. The average Bonchev–Trinajstić information content (AvgIpc) is 2.59. The molecule has 1 saturated heterocycles. The molecule has 3 rings (SSSR count). The summed E-state index contributed by atoms with van der Waals surface area (Å²) in [6.07, 6.45) is 1.13. The fourth-order valence-electron chi connectivity index (χ4n) is 2.72. The Morgan fingerprint density at radius 3 is 2.71 bits per heavy atom. The molecule has 0 aromatic heterocycles. The predicted molar refractivity (Wildman–Crippen MR) is 94.5 cm³/mol. The highest BCUT2D eigenvalue weighted by atomic mass is 35.5. The molecule has 0 spiro atoms. The van der Waals surface area contributed by atoms with Crippen LogP contribution in [0.2, 0.25) is 5.02 Å². The summed E-state index contributed by atoms with van der Waals surface area (Å²) in [6.45, 7) is 1.72. The summed E-state index contributed by atoms with van der Waals surface area (Å²) in [6, 6.07) is 12.3. The molecule has 1 aliphatic heterocycles. The number of piperidine rings is 1. The van der Waals surface area contributed by atoms with E-state index in [0.29, 0.717) is 5.69 Å². The second kappa shape index (κ2) is 7.55. The van der Waals surface area contributed by atoms with Crippen LogP contribution in [0.15, 0.2) is 42.5 Å². The lowest BCUT2D eigenvalue weighted by Gasteiger charge is -2.23. The first-order chi connectivity index (χ1) is 11.6. The molecule has 3 N–H and O–H groups in total. The van der Waals surface area contributed by atoms with Gasteiger partial charge in [-0.2, -0.15) is 0 Å². The van der Waals surface area contributed by atoms with Crippen LogP contribution in [-0.4, -0.2) is 30.4 Å². The van der Waals surface area contributed by atoms with E-state index in [1.165, 1.54) is 6.07 Å². The van der Waals surface area contributed by atoms with E-state index in [1.807, 2.05) is 18.2 Å². The van der Waals surface area contributed by atoms with Crippen molar-refractivity contribution < 1.29 is 14.6 Å². The standard InChI is InChI=1S/C18H19ClN2O3/c19-15-11-12(5-6-17(15)22)14-3-1-2-4-16(14)21-18(23)24-13-7-9-20-10-8-13/h1-6,11,13,20,22H,7-10H2,(H,21,23). The minimum absolute atomic E-state index is 0.0242.